The Kier molecular flexibility index (Phi) is 15.0. The van der Waals surface area contributed by atoms with Crippen LogP contribution in [0.2, 0.25) is 0 Å². The van der Waals surface area contributed by atoms with Crippen molar-refractivity contribution in [2.75, 3.05) is 58.0 Å². The predicted molar refractivity (Wildman–Crippen MR) is 267 cm³/mol. The number of pyridine rings is 2. The summed E-state index contributed by atoms with van der Waals surface area (Å²) in [4.78, 5) is 31.1. The number of halogens is 2. The highest BCUT2D eigenvalue weighted by atomic mass is 19.1. The van der Waals surface area contributed by atoms with E-state index in [0.717, 1.165) is 74.0 Å². The summed E-state index contributed by atoms with van der Waals surface area (Å²) < 4.78 is 29.2. The van der Waals surface area contributed by atoms with Gasteiger partial charge in [-0.2, -0.15) is 0 Å². The molecule has 0 atom stereocenters. The highest BCUT2D eigenvalue weighted by Crippen LogP contribution is 2.30. The van der Waals surface area contributed by atoms with Gasteiger partial charge in [0.2, 0.25) is 0 Å². The SMILES string of the molecule is CN(C)CC[NH2+]/C=C(\C=N)c1ccc2c(Nc3ccnc(-c4ccc(CN(C)CC[NH2+]/C=C(\C=N)c5ccc6c(Nc7ccnc(-c8ccc(F)cc8)c7)ncnc6c5)cc4F)c3)ncnc2c1. The molecule has 0 saturated carbocycles. The van der Waals surface area contributed by atoms with Crippen LogP contribution in [0, 0.1) is 22.5 Å². The third-order valence-electron chi connectivity index (χ3n) is 11.2. The van der Waals surface area contributed by atoms with Crippen LogP contribution in [0.25, 0.3) is 55.5 Å². The number of quaternary nitrogens is 2. The molecule has 4 heterocycles. The van der Waals surface area contributed by atoms with E-state index in [4.69, 9.17) is 10.8 Å². The molecule has 0 amide bonds. The zero-order valence-electron chi connectivity index (χ0n) is 38.0. The molecule has 8 N–H and O–H groups in total. The number of hydrogen-bond acceptors (Lipinski definition) is 12. The number of nitrogens with zero attached hydrogens (tertiary/aromatic N) is 8. The largest absolute Gasteiger partial charge is 0.340 e. The Bertz CT molecular complexity index is 3140. The number of aromatic nitrogens is 6. The fraction of sp³-hybridized carbons (Fsp3) is 0.154. The Hall–Kier alpha value is -8.02. The van der Waals surface area contributed by atoms with Gasteiger partial charge in [-0.3, -0.25) is 14.9 Å². The number of anilines is 4. The molecule has 4 aromatic carbocycles. The Morgan fingerprint density at radius 1 is 0.603 bits per heavy atom. The predicted octanol–water partition coefficient (Wildman–Crippen LogP) is 7.26. The minimum atomic E-state index is -0.364. The molecular formula is C52H52F2N14+2. The topological polar surface area (TPSA) is 189 Å². The molecule has 0 unspecified atom stereocenters. The molecule has 0 bridgehead atoms. The van der Waals surface area contributed by atoms with Gasteiger partial charge in [0, 0.05) is 77.7 Å². The summed E-state index contributed by atoms with van der Waals surface area (Å²) in [6.45, 7) is 3.79. The first-order chi connectivity index (χ1) is 33.1. The van der Waals surface area contributed by atoms with Crippen LogP contribution in [0.5, 0.6) is 0 Å². The molecule has 0 aliphatic heterocycles. The summed E-state index contributed by atoms with van der Waals surface area (Å²) in [7, 11) is 6.06. The van der Waals surface area contributed by atoms with Crippen molar-refractivity contribution >= 4 is 68.4 Å². The zero-order valence-corrected chi connectivity index (χ0v) is 38.0. The van der Waals surface area contributed by atoms with Crippen molar-refractivity contribution < 1.29 is 19.4 Å². The number of hydrogen-bond donors (Lipinski definition) is 6. The molecule has 14 nitrogen and oxygen atoms in total. The van der Waals surface area contributed by atoms with Gasteiger partial charge < -0.3 is 37.0 Å². The average Bonchev–Trinajstić information content (AvgIpc) is 3.34. The van der Waals surface area contributed by atoms with Gasteiger partial charge >= 0.3 is 0 Å². The van der Waals surface area contributed by atoms with Crippen LogP contribution in [0.4, 0.5) is 31.8 Å². The van der Waals surface area contributed by atoms with Crippen molar-refractivity contribution in [1.29, 1.82) is 10.8 Å². The summed E-state index contributed by atoms with van der Waals surface area (Å²) in [6.07, 6.45) is 12.9. The number of nitrogens with two attached hydrogens (primary N) is 2. The summed E-state index contributed by atoms with van der Waals surface area (Å²) in [6, 6.07) is 30.5. The van der Waals surface area contributed by atoms with Crippen molar-refractivity contribution in [3.05, 3.63) is 169 Å². The Morgan fingerprint density at radius 2 is 1.16 bits per heavy atom. The lowest BCUT2D eigenvalue weighted by Crippen LogP contribution is -2.79. The van der Waals surface area contributed by atoms with E-state index in [2.05, 4.69) is 55.7 Å². The monoisotopic (exact) mass is 910 g/mol. The van der Waals surface area contributed by atoms with E-state index >= 15 is 4.39 Å². The van der Waals surface area contributed by atoms with Gasteiger partial charge in [-0.05, 0) is 123 Å². The molecule has 0 aliphatic rings. The number of rotatable bonds is 20. The van der Waals surface area contributed by atoms with Crippen molar-refractivity contribution in [3.63, 3.8) is 0 Å². The minimum absolute atomic E-state index is 0.304. The van der Waals surface area contributed by atoms with Gasteiger partial charge in [-0.1, -0.05) is 18.2 Å². The van der Waals surface area contributed by atoms with E-state index in [1.54, 1.807) is 42.7 Å². The molecule has 4 aromatic heterocycles. The van der Waals surface area contributed by atoms with Crippen LogP contribution in [-0.4, -0.2) is 99.5 Å². The maximum absolute atomic E-state index is 15.7. The molecule has 0 radical (unpaired) electrons. The summed E-state index contributed by atoms with van der Waals surface area (Å²) in [5, 5.41) is 28.6. The summed E-state index contributed by atoms with van der Waals surface area (Å²) >= 11 is 0. The second-order valence-electron chi connectivity index (χ2n) is 16.5. The van der Waals surface area contributed by atoms with Gasteiger partial charge in [-0.25, -0.2) is 28.7 Å². The smallest absolute Gasteiger partial charge is 0.141 e. The van der Waals surface area contributed by atoms with Gasteiger partial charge in [0.25, 0.3) is 0 Å². The van der Waals surface area contributed by atoms with Gasteiger partial charge in [0.05, 0.1) is 46.7 Å². The van der Waals surface area contributed by atoms with Crippen LogP contribution >= 0.6 is 0 Å². The highest BCUT2D eigenvalue weighted by molar-refractivity contribution is 6.10. The van der Waals surface area contributed by atoms with E-state index < -0.39 is 0 Å². The fourth-order valence-corrected chi connectivity index (χ4v) is 7.65. The van der Waals surface area contributed by atoms with Crippen LogP contribution in [0.15, 0.2) is 141 Å². The maximum atomic E-state index is 15.7. The van der Waals surface area contributed by atoms with Gasteiger partial charge in [-0.15, -0.1) is 0 Å². The Labute approximate surface area is 393 Å². The second-order valence-corrected chi connectivity index (χ2v) is 16.5. The maximum Gasteiger partial charge on any atom is 0.141 e. The average molecular weight is 911 g/mol. The first-order valence-corrected chi connectivity index (χ1v) is 22.1. The molecule has 8 aromatic rings. The number of benzene rings is 4. The number of likely N-dealkylation sites (N-methyl/N-ethyl adjacent to an activating group) is 2. The molecule has 0 saturated heterocycles. The van der Waals surface area contributed by atoms with Crippen LogP contribution < -0.4 is 21.3 Å². The first kappa shape index (κ1) is 46.5. The van der Waals surface area contributed by atoms with Crippen molar-refractivity contribution in [2.24, 2.45) is 0 Å². The fourth-order valence-electron chi connectivity index (χ4n) is 7.65. The Morgan fingerprint density at radius 3 is 1.72 bits per heavy atom. The standard InChI is InChI=1S/C52H50F2N14/c1-67(2)20-18-57-29-38(27-55)36-7-13-45-49(23-36)62-33-64-52(45)66-42-15-17-60-50(26-42)43-11-4-34(22-46(43)54)31-68(3)21-19-58-30-39(28-56)37-8-12-44-48(24-37)61-32-63-51(44)65-41-14-16-59-47(25-41)35-5-9-40(53)10-6-35/h4-17,22-30,32-33,55-58H,18-21,31H2,1-3H3,(H,59,61,63,65)(H,60,62,64,66)/p+2/b38-29+,39-30+,55-27?,56-28?. The van der Waals surface area contributed by atoms with E-state index in [1.807, 2.05) is 99.5 Å². The van der Waals surface area contributed by atoms with E-state index in [0.29, 0.717) is 53.9 Å². The van der Waals surface area contributed by atoms with Crippen molar-refractivity contribution in [1.82, 2.24) is 39.7 Å². The van der Waals surface area contributed by atoms with E-state index in [9.17, 15) is 4.39 Å². The molecule has 0 aliphatic carbocycles. The molecule has 0 spiro atoms. The lowest BCUT2D eigenvalue weighted by molar-refractivity contribution is -0.586. The molecule has 68 heavy (non-hydrogen) atoms. The molecule has 8 rings (SSSR count). The van der Waals surface area contributed by atoms with Gasteiger partial charge in [0.1, 0.15) is 48.3 Å². The first-order valence-electron chi connectivity index (χ1n) is 22.1. The normalized spacial score (nSPS) is 12.0. The number of fused-ring (bicyclic) bond motifs is 2. The molecule has 342 valence electrons. The summed E-state index contributed by atoms with van der Waals surface area (Å²) in [5.41, 5.74) is 9.40. The van der Waals surface area contributed by atoms with E-state index in [1.165, 1.54) is 37.2 Å². The molecule has 16 heteroatoms. The second kappa shape index (κ2) is 22.0. The quantitative estimate of drug-likeness (QED) is 0.0336. The third kappa shape index (κ3) is 11.7. The van der Waals surface area contributed by atoms with Crippen LogP contribution in [-0.2, 0) is 6.54 Å². The van der Waals surface area contributed by atoms with Crippen LogP contribution in [0.1, 0.15) is 16.7 Å². The number of allylic oxidation sites excluding steroid dienone is 2. The van der Waals surface area contributed by atoms with Gasteiger partial charge in [0.15, 0.2) is 0 Å². The van der Waals surface area contributed by atoms with Crippen molar-refractivity contribution in [2.45, 2.75) is 6.54 Å². The number of nitrogens with one attached hydrogen (secondary N) is 4. The summed E-state index contributed by atoms with van der Waals surface area (Å²) in [5.74, 6) is 0.558. The lowest BCUT2D eigenvalue weighted by atomic mass is 10.1. The Balaban J connectivity index is 0.857. The van der Waals surface area contributed by atoms with Crippen LogP contribution in [0.3, 0.4) is 0 Å². The highest BCUT2D eigenvalue weighted by Gasteiger charge is 2.14. The minimum Gasteiger partial charge on any atom is -0.340 e. The molecular weight excluding hydrogens is 859 g/mol. The molecule has 0 fully saturated rings. The van der Waals surface area contributed by atoms with E-state index in [-0.39, 0.29) is 11.6 Å². The lowest BCUT2D eigenvalue weighted by Gasteiger charge is -2.16. The third-order valence-corrected chi connectivity index (χ3v) is 11.2. The zero-order chi connectivity index (χ0) is 47.4. The van der Waals surface area contributed by atoms with Crippen molar-refractivity contribution in [3.8, 4) is 22.5 Å².